The summed E-state index contributed by atoms with van der Waals surface area (Å²) in [7, 11) is 0. The number of carbonyl (C=O) groups is 1. The van der Waals surface area contributed by atoms with Gasteiger partial charge in [-0.1, -0.05) is 36.6 Å². The standard InChI is InChI=1S/C30H48O7/c31-28(32)22-33-18-14-23-19-24-21-27(37-30-13-7-10-17-36-30)25(26(24)20-23)11-5-3-1-2-4-8-15-34-29-12-6-9-16-35-29/h5,11,19,24-27,29-30H,1-4,6-10,12-18,20-22H2,(H,31,32)/t24-,25-,26-,27-,29?,30?/m1/s1. The SMILES string of the molecule is O=C(O)COCCC1=C[C@@H]2C[C@@H](OC3CCCCO3)[C@H](C=CCCCCCCOC3CCCCO3)[C@@H]2C1. The van der Waals surface area contributed by atoms with Crippen LogP contribution in [0.1, 0.15) is 89.9 Å². The van der Waals surface area contributed by atoms with Gasteiger partial charge in [-0.2, -0.15) is 0 Å². The smallest absolute Gasteiger partial charge is 0.329 e. The van der Waals surface area contributed by atoms with Gasteiger partial charge in [-0.05, 0) is 88.9 Å². The molecule has 4 rings (SSSR count). The highest BCUT2D eigenvalue weighted by Gasteiger charge is 2.45. The van der Waals surface area contributed by atoms with E-state index in [1.54, 1.807) is 0 Å². The fourth-order valence-electron chi connectivity index (χ4n) is 6.32. The van der Waals surface area contributed by atoms with Gasteiger partial charge in [0.2, 0.25) is 0 Å². The van der Waals surface area contributed by atoms with Crippen LogP contribution in [0.3, 0.4) is 0 Å². The van der Waals surface area contributed by atoms with E-state index in [0.717, 1.165) is 77.6 Å². The number of fused-ring (bicyclic) bond motifs is 1. The van der Waals surface area contributed by atoms with Crippen molar-refractivity contribution in [2.75, 3.05) is 33.0 Å². The topological polar surface area (TPSA) is 83.5 Å². The number of hydrogen-bond acceptors (Lipinski definition) is 6. The van der Waals surface area contributed by atoms with Crippen molar-refractivity contribution >= 4 is 5.97 Å². The largest absolute Gasteiger partial charge is 0.480 e. The number of carboxylic acids is 1. The van der Waals surface area contributed by atoms with Gasteiger partial charge in [0, 0.05) is 25.7 Å². The van der Waals surface area contributed by atoms with Crippen LogP contribution in [-0.4, -0.2) is 62.8 Å². The molecule has 1 saturated carbocycles. The minimum Gasteiger partial charge on any atom is -0.480 e. The van der Waals surface area contributed by atoms with Crippen molar-refractivity contribution in [1.29, 1.82) is 0 Å². The lowest BCUT2D eigenvalue weighted by atomic mass is 9.88. The molecule has 0 radical (unpaired) electrons. The van der Waals surface area contributed by atoms with Gasteiger partial charge in [-0.15, -0.1) is 0 Å². The van der Waals surface area contributed by atoms with Crippen molar-refractivity contribution in [1.82, 2.24) is 0 Å². The average molecular weight is 521 g/mol. The molecule has 2 saturated heterocycles. The predicted octanol–water partition coefficient (Wildman–Crippen LogP) is 6.02. The van der Waals surface area contributed by atoms with Crippen molar-refractivity contribution in [3.8, 4) is 0 Å². The van der Waals surface area contributed by atoms with E-state index in [4.69, 9.17) is 28.8 Å². The monoisotopic (exact) mass is 520 g/mol. The minimum atomic E-state index is -0.908. The Kier molecular flexibility index (Phi) is 12.4. The Balaban J connectivity index is 1.17. The highest BCUT2D eigenvalue weighted by atomic mass is 16.7. The number of aliphatic carboxylic acids is 1. The number of unbranched alkanes of at least 4 members (excludes halogenated alkanes) is 4. The van der Waals surface area contributed by atoms with Gasteiger partial charge in [0.1, 0.15) is 6.61 Å². The number of allylic oxidation sites excluding steroid dienone is 2. The first-order valence-electron chi connectivity index (χ1n) is 14.8. The molecular formula is C30H48O7. The van der Waals surface area contributed by atoms with Crippen LogP contribution in [0.15, 0.2) is 23.8 Å². The minimum absolute atomic E-state index is 0.0314. The van der Waals surface area contributed by atoms with Gasteiger partial charge in [-0.3, -0.25) is 0 Å². The number of ether oxygens (including phenoxy) is 5. The van der Waals surface area contributed by atoms with Crippen LogP contribution >= 0.6 is 0 Å². The quantitative estimate of drug-likeness (QED) is 0.197. The predicted molar refractivity (Wildman–Crippen MR) is 141 cm³/mol. The van der Waals surface area contributed by atoms with E-state index in [1.165, 1.54) is 37.7 Å². The Labute approximate surface area is 222 Å². The van der Waals surface area contributed by atoms with Crippen LogP contribution in [-0.2, 0) is 28.5 Å². The first-order chi connectivity index (χ1) is 18.2. The summed E-state index contributed by atoms with van der Waals surface area (Å²) in [6.45, 7) is 2.73. The molecule has 210 valence electrons. The molecule has 2 heterocycles. The fraction of sp³-hybridized carbons (Fsp3) is 0.833. The van der Waals surface area contributed by atoms with Crippen LogP contribution < -0.4 is 0 Å². The Hall–Kier alpha value is -1.25. The van der Waals surface area contributed by atoms with Crippen molar-refractivity contribution in [2.24, 2.45) is 17.8 Å². The molecule has 2 aliphatic carbocycles. The Bertz CT molecular complexity index is 723. The second-order valence-corrected chi connectivity index (χ2v) is 11.1. The lowest BCUT2D eigenvalue weighted by Gasteiger charge is -2.29. The van der Waals surface area contributed by atoms with E-state index in [0.29, 0.717) is 24.4 Å². The maximum Gasteiger partial charge on any atom is 0.329 e. The summed E-state index contributed by atoms with van der Waals surface area (Å²) in [5.41, 5.74) is 1.41. The number of hydrogen-bond donors (Lipinski definition) is 1. The molecule has 0 aromatic heterocycles. The van der Waals surface area contributed by atoms with Gasteiger partial charge in [0.05, 0.1) is 12.7 Å². The fourth-order valence-corrected chi connectivity index (χ4v) is 6.32. The Morgan fingerprint density at radius 2 is 1.78 bits per heavy atom. The molecule has 4 aliphatic rings. The van der Waals surface area contributed by atoms with E-state index < -0.39 is 5.97 Å². The van der Waals surface area contributed by atoms with E-state index in [9.17, 15) is 4.79 Å². The summed E-state index contributed by atoms with van der Waals surface area (Å²) < 4.78 is 29.2. The van der Waals surface area contributed by atoms with Gasteiger partial charge in [0.15, 0.2) is 12.6 Å². The van der Waals surface area contributed by atoms with Crippen molar-refractivity contribution < 1.29 is 33.6 Å². The number of carboxylic acid groups (broad SMARTS) is 1. The molecule has 2 aliphatic heterocycles. The number of rotatable bonds is 16. The molecule has 37 heavy (non-hydrogen) atoms. The third kappa shape index (κ3) is 9.77. The molecule has 6 atom stereocenters. The molecule has 0 bridgehead atoms. The van der Waals surface area contributed by atoms with Gasteiger partial charge in [0.25, 0.3) is 0 Å². The van der Waals surface area contributed by atoms with E-state index >= 15 is 0 Å². The summed E-state index contributed by atoms with van der Waals surface area (Å²) in [5.74, 6) is 0.604. The summed E-state index contributed by atoms with van der Waals surface area (Å²) in [4.78, 5) is 10.7. The van der Waals surface area contributed by atoms with E-state index in [2.05, 4.69) is 18.2 Å². The second-order valence-electron chi connectivity index (χ2n) is 11.1. The zero-order valence-electron chi connectivity index (χ0n) is 22.5. The second kappa shape index (κ2) is 16.0. The zero-order chi connectivity index (χ0) is 25.7. The van der Waals surface area contributed by atoms with Crippen LogP contribution in [0, 0.1) is 17.8 Å². The molecular weight excluding hydrogens is 472 g/mol. The molecule has 3 fully saturated rings. The van der Waals surface area contributed by atoms with E-state index in [-0.39, 0.29) is 25.3 Å². The highest BCUT2D eigenvalue weighted by molar-refractivity contribution is 5.67. The lowest BCUT2D eigenvalue weighted by molar-refractivity contribution is -0.192. The van der Waals surface area contributed by atoms with E-state index in [1.807, 2.05) is 0 Å². The summed E-state index contributed by atoms with van der Waals surface area (Å²) in [5, 5.41) is 8.78. The maximum atomic E-state index is 10.7. The highest BCUT2D eigenvalue weighted by Crippen LogP contribution is 2.49. The van der Waals surface area contributed by atoms with Gasteiger partial charge < -0.3 is 28.8 Å². The van der Waals surface area contributed by atoms with Crippen molar-refractivity contribution in [3.63, 3.8) is 0 Å². The lowest BCUT2D eigenvalue weighted by Crippen LogP contribution is -2.30. The van der Waals surface area contributed by atoms with Gasteiger partial charge >= 0.3 is 5.97 Å². The Morgan fingerprint density at radius 3 is 2.54 bits per heavy atom. The molecule has 7 nitrogen and oxygen atoms in total. The van der Waals surface area contributed by atoms with Crippen LogP contribution in [0.25, 0.3) is 0 Å². The normalized spacial score (nSPS) is 32.1. The molecule has 7 heteroatoms. The van der Waals surface area contributed by atoms with Crippen molar-refractivity contribution in [3.05, 3.63) is 23.8 Å². The first-order valence-corrected chi connectivity index (χ1v) is 14.8. The molecule has 0 aromatic rings. The first kappa shape index (κ1) is 28.8. The van der Waals surface area contributed by atoms with Crippen LogP contribution in [0.2, 0.25) is 0 Å². The van der Waals surface area contributed by atoms with Crippen LogP contribution in [0.5, 0.6) is 0 Å². The maximum absolute atomic E-state index is 10.7. The van der Waals surface area contributed by atoms with Crippen molar-refractivity contribution in [2.45, 2.75) is 109 Å². The molecule has 0 aromatic carbocycles. The van der Waals surface area contributed by atoms with Gasteiger partial charge in [-0.25, -0.2) is 4.79 Å². The third-order valence-electron chi connectivity index (χ3n) is 8.25. The molecule has 2 unspecified atom stereocenters. The third-order valence-corrected chi connectivity index (χ3v) is 8.25. The molecule has 0 amide bonds. The summed E-state index contributed by atoms with van der Waals surface area (Å²) >= 11 is 0. The molecule has 1 N–H and O–H groups in total. The zero-order valence-corrected chi connectivity index (χ0v) is 22.5. The average Bonchev–Trinajstić information content (AvgIpc) is 3.44. The Morgan fingerprint density at radius 1 is 1.00 bits per heavy atom. The van der Waals surface area contributed by atoms with Crippen LogP contribution in [0.4, 0.5) is 0 Å². The molecule has 0 spiro atoms. The summed E-state index contributed by atoms with van der Waals surface area (Å²) in [6.07, 6.45) is 23.0. The summed E-state index contributed by atoms with van der Waals surface area (Å²) in [6, 6.07) is 0.